The van der Waals surface area contributed by atoms with Crippen LogP contribution in [0, 0.1) is 0 Å². The fraction of sp³-hybridized carbons (Fsp3) is 0.250. The van der Waals surface area contributed by atoms with Gasteiger partial charge in [0.25, 0.3) is 0 Å². The largest absolute Gasteiger partial charge is 0.416 e. The number of aliphatic hydroxyl groups is 1. The lowest BCUT2D eigenvalue weighted by atomic mass is 10.1. The van der Waals surface area contributed by atoms with Crippen molar-refractivity contribution in [3.63, 3.8) is 0 Å². The molecular weight excluding hydrogens is 185 g/mol. The molecule has 0 aliphatic rings. The maximum Gasteiger partial charge on any atom is 0.416 e. The fourth-order valence-corrected chi connectivity index (χ4v) is 0.935. The fourth-order valence-electron chi connectivity index (χ4n) is 0.935. The minimum absolute atomic E-state index is 0. The zero-order valence-electron chi connectivity index (χ0n) is 6.60. The minimum atomic E-state index is -4.38. The maximum atomic E-state index is 12.1. The number of aliphatic hydroxyl groups excluding tert-OH is 1. The summed E-state index contributed by atoms with van der Waals surface area (Å²) >= 11 is 0. The van der Waals surface area contributed by atoms with Gasteiger partial charge in [-0.15, -0.1) is 0 Å². The second-order valence-corrected chi connectivity index (χ2v) is 2.31. The SMILES string of the molecule is O.OCc1ccccc1C(F)(F)F. The molecule has 0 unspecified atom stereocenters. The van der Waals surface area contributed by atoms with Crippen LogP contribution in [0.25, 0.3) is 0 Å². The van der Waals surface area contributed by atoms with Gasteiger partial charge in [0.15, 0.2) is 0 Å². The van der Waals surface area contributed by atoms with Crippen LogP contribution in [-0.2, 0) is 12.8 Å². The van der Waals surface area contributed by atoms with Gasteiger partial charge in [0.05, 0.1) is 12.2 Å². The lowest BCUT2D eigenvalue weighted by molar-refractivity contribution is -0.138. The third kappa shape index (κ3) is 2.71. The number of rotatable bonds is 1. The summed E-state index contributed by atoms with van der Waals surface area (Å²) in [7, 11) is 0. The first-order valence-electron chi connectivity index (χ1n) is 3.31. The van der Waals surface area contributed by atoms with Crippen LogP contribution in [0.3, 0.4) is 0 Å². The molecule has 1 rings (SSSR count). The molecule has 0 saturated carbocycles. The number of halogens is 3. The van der Waals surface area contributed by atoms with Crippen molar-refractivity contribution in [2.75, 3.05) is 0 Å². The third-order valence-electron chi connectivity index (χ3n) is 1.49. The summed E-state index contributed by atoms with van der Waals surface area (Å²) < 4.78 is 36.4. The molecule has 13 heavy (non-hydrogen) atoms. The quantitative estimate of drug-likeness (QED) is 0.721. The van der Waals surface area contributed by atoms with Crippen molar-refractivity contribution in [3.05, 3.63) is 35.4 Å². The molecule has 0 radical (unpaired) electrons. The Balaban J connectivity index is 0.00000144. The van der Waals surface area contributed by atoms with Gasteiger partial charge < -0.3 is 10.6 Å². The lowest BCUT2D eigenvalue weighted by Gasteiger charge is -2.09. The van der Waals surface area contributed by atoms with Gasteiger partial charge in [0, 0.05) is 0 Å². The summed E-state index contributed by atoms with van der Waals surface area (Å²) in [5.41, 5.74) is -0.863. The summed E-state index contributed by atoms with van der Waals surface area (Å²) in [4.78, 5) is 0. The number of hydrogen-bond acceptors (Lipinski definition) is 1. The van der Waals surface area contributed by atoms with Crippen molar-refractivity contribution in [1.82, 2.24) is 0 Å². The summed E-state index contributed by atoms with van der Waals surface area (Å²) in [6, 6.07) is 4.96. The normalized spacial score (nSPS) is 10.8. The molecular formula is C8H9F3O2. The van der Waals surface area contributed by atoms with Crippen LogP contribution in [0.15, 0.2) is 24.3 Å². The van der Waals surface area contributed by atoms with E-state index >= 15 is 0 Å². The second-order valence-electron chi connectivity index (χ2n) is 2.31. The maximum absolute atomic E-state index is 12.1. The van der Waals surface area contributed by atoms with E-state index in [1.165, 1.54) is 18.2 Å². The molecule has 2 nitrogen and oxygen atoms in total. The van der Waals surface area contributed by atoms with Crippen molar-refractivity contribution < 1.29 is 23.8 Å². The summed E-state index contributed by atoms with van der Waals surface area (Å²) in [5, 5.41) is 8.58. The Bertz CT molecular complexity index is 270. The van der Waals surface area contributed by atoms with E-state index in [1.54, 1.807) is 0 Å². The van der Waals surface area contributed by atoms with E-state index in [-0.39, 0.29) is 11.0 Å². The van der Waals surface area contributed by atoms with Gasteiger partial charge in [0.2, 0.25) is 0 Å². The zero-order valence-corrected chi connectivity index (χ0v) is 6.60. The van der Waals surface area contributed by atoms with Crippen LogP contribution < -0.4 is 0 Å². The summed E-state index contributed by atoms with van der Waals surface area (Å²) in [6.07, 6.45) is -4.38. The van der Waals surface area contributed by atoms with Gasteiger partial charge in [-0.3, -0.25) is 0 Å². The van der Waals surface area contributed by atoms with Crippen molar-refractivity contribution in [3.8, 4) is 0 Å². The van der Waals surface area contributed by atoms with E-state index in [9.17, 15) is 13.2 Å². The van der Waals surface area contributed by atoms with Gasteiger partial charge in [0.1, 0.15) is 0 Å². The Morgan fingerprint density at radius 3 is 2.08 bits per heavy atom. The molecule has 1 aromatic carbocycles. The highest BCUT2D eigenvalue weighted by Crippen LogP contribution is 2.31. The molecule has 0 aromatic heterocycles. The smallest absolute Gasteiger partial charge is 0.412 e. The first-order chi connectivity index (χ1) is 5.55. The van der Waals surface area contributed by atoms with E-state index in [4.69, 9.17) is 5.11 Å². The van der Waals surface area contributed by atoms with Gasteiger partial charge in [-0.2, -0.15) is 13.2 Å². The number of alkyl halides is 3. The Morgan fingerprint density at radius 2 is 1.69 bits per heavy atom. The zero-order chi connectivity index (χ0) is 9.19. The Hall–Kier alpha value is -1.07. The lowest BCUT2D eigenvalue weighted by Crippen LogP contribution is -2.08. The van der Waals surface area contributed by atoms with Gasteiger partial charge >= 0.3 is 6.18 Å². The first-order valence-corrected chi connectivity index (χ1v) is 3.31. The van der Waals surface area contributed by atoms with E-state index in [1.807, 2.05) is 0 Å². The van der Waals surface area contributed by atoms with Crippen LogP contribution in [0.2, 0.25) is 0 Å². The highest BCUT2D eigenvalue weighted by molar-refractivity contribution is 5.28. The van der Waals surface area contributed by atoms with Gasteiger partial charge in [-0.05, 0) is 11.6 Å². The minimum Gasteiger partial charge on any atom is -0.412 e. The topological polar surface area (TPSA) is 51.7 Å². The number of benzene rings is 1. The average molecular weight is 194 g/mol. The molecule has 0 fully saturated rings. The highest BCUT2D eigenvalue weighted by Gasteiger charge is 2.32. The van der Waals surface area contributed by atoms with E-state index < -0.39 is 18.3 Å². The molecule has 0 spiro atoms. The van der Waals surface area contributed by atoms with Crippen molar-refractivity contribution in [2.24, 2.45) is 0 Å². The van der Waals surface area contributed by atoms with E-state index in [0.717, 1.165) is 6.07 Å². The van der Waals surface area contributed by atoms with Crippen molar-refractivity contribution in [1.29, 1.82) is 0 Å². The Kier molecular flexibility index (Phi) is 3.90. The van der Waals surface area contributed by atoms with Crippen LogP contribution in [0.4, 0.5) is 13.2 Å². The highest BCUT2D eigenvalue weighted by atomic mass is 19.4. The monoisotopic (exact) mass is 194 g/mol. The van der Waals surface area contributed by atoms with E-state index in [0.29, 0.717) is 0 Å². The standard InChI is InChI=1S/C8H7F3O.H2O/c9-8(10,11)7-4-2-1-3-6(7)5-12;/h1-4,12H,5H2;1H2. The molecule has 0 aliphatic carbocycles. The molecule has 74 valence electrons. The molecule has 0 bridgehead atoms. The first kappa shape index (κ1) is 11.9. The summed E-state index contributed by atoms with van der Waals surface area (Å²) in [6.45, 7) is -0.588. The van der Waals surface area contributed by atoms with Gasteiger partial charge in [-0.1, -0.05) is 18.2 Å². The van der Waals surface area contributed by atoms with Crippen LogP contribution in [0.5, 0.6) is 0 Å². The molecule has 0 amide bonds. The van der Waals surface area contributed by atoms with Crippen LogP contribution in [0.1, 0.15) is 11.1 Å². The van der Waals surface area contributed by atoms with Crippen molar-refractivity contribution in [2.45, 2.75) is 12.8 Å². The molecule has 0 heterocycles. The second kappa shape index (κ2) is 4.25. The molecule has 5 heteroatoms. The predicted octanol–water partition coefficient (Wildman–Crippen LogP) is 1.37. The molecule has 0 atom stereocenters. The molecule has 3 N–H and O–H groups in total. The Labute approximate surface area is 72.9 Å². The molecule has 1 aromatic rings. The molecule has 0 aliphatic heterocycles. The molecule has 0 saturated heterocycles. The van der Waals surface area contributed by atoms with Crippen LogP contribution >= 0.6 is 0 Å². The van der Waals surface area contributed by atoms with E-state index in [2.05, 4.69) is 0 Å². The Morgan fingerprint density at radius 1 is 1.15 bits per heavy atom. The third-order valence-corrected chi connectivity index (χ3v) is 1.49. The van der Waals surface area contributed by atoms with Gasteiger partial charge in [-0.25, -0.2) is 0 Å². The predicted molar refractivity (Wildman–Crippen MR) is 41.0 cm³/mol. The van der Waals surface area contributed by atoms with Crippen LogP contribution in [-0.4, -0.2) is 10.6 Å². The number of hydrogen-bond donors (Lipinski definition) is 1. The summed E-state index contributed by atoms with van der Waals surface area (Å²) in [5.74, 6) is 0. The van der Waals surface area contributed by atoms with Crippen molar-refractivity contribution >= 4 is 0 Å². The average Bonchev–Trinajstić information content (AvgIpc) is 2.03.